The maximum Gasteiger partial charge on any atom is 0.251 e. The molecule has 1 amide bonds. The summed E-state index contributed by atoms with van der Waals surface area (Å²) in [6, 6.07) is 5.97. The summed E-state index contributed by atoms with van der Waals surface area (Å²) in [7, 11) is 1.58. The highest BCUT2D eigenvalue weighted by atomic mass is 19.1. The van der Waals surface area contributed by atoms with Gasteiger partial charge in [-0.25, -0.2) is 4.39 Å². The summed E-state index contributed by atoms with van der Waals surface area (Å²) >= 11 is 0. The highest BCUT2D eigenvalue weighted by molar-refractivity contribution is 5.83. The first-order valence-corrected chi connectivity index (χ1v) is 4.80. The Morgan fingerprint density at radius 3 is 2.67 bits per heavy atom. The van der Waals surface area contributed by atoms with Gasteiger partial charge >= 0.3 is 0 Å². The first kappa shape index (κ1) is 10.1. The largest absolute Gasteiger partial charge is 0.383 e. The Morgan fingerprint density at radius 1 is 1.47 bits per heavy atom. The average molecular weight is 209 g/mol. The molecule has 0 radical (unpaired) electrons. The normalized spacial score (nSPS) is 26.1. The monoisotopic (exact) mass is 209 g/mol. The molecule has 0 unspecified atom stereocenters. The number of aliphatic hydroxyl groups excluding tert-OH is 1. The van der Waals surface area contributed by atoms with Crippen LogP contribution in [0.15, 0.2) is 24.3 Å². The van der Waals surface area contributed by atoms with E-state index in [1.54, 1.807) is 25.2 Å². The SMILES string of the molecule is CN1C(=O)[C@H](O)C[C@H]1c1ccccc1F. The number of aliphatic hydroxyl groups is 1. The molecule has 80 valence electrons. The number of hydrogen-bond donors (Lipinski definition) is 1. The van der Waals surface area contributed by atoms with Crippen molar-refractivity contribution in [1.82, 2.24) is 4.90 Å². The standard InChI is InChI=1S/C11H12FNO2/c1-13-9(6-10(14)11(13)15)7-4-2-3-5-8(7)12/h2-5,9-10,14H,6H2,1H3/t9-,10+/m0/s1. The molecule has 4 heteroatoms. The van der Waals surface area contributed by atoms with Crippen LogP contribution in [0, 0.1) is 5.82 Å². The van der Waals surface area contributed by atoms with Gasteiger partial charge in [0, 0.05) is 19.0 Å². The van der Waals surface area contributed by atoms with Crippen LogP contribution < -0.4 is 0 Å². The van der Waals surface area contributed by atoms with E-state index in [9.17, 15) is 14.3 Å². The number of carbonyl (C=O) groups is 1. The second-order valence-electron chi connectivity index (χ2n) is 3.74. The minimum Gasteiger partial charge on any atom is -0.383 e. The lowest BCUT2D eigenvalue weighted by Gasteiger charge is -2.19. The van der Waals surface area contributed by atoms with Gasteiger partial charge in [-0.3, -0.25) is 4.79 Å². The lowest BCUT2D eigenvalue weighted by molar-refractivity contribution is -0.134. The molecule has 0 spiro atoms. The van der Waals surface area contributed by atoms with E-state index >= 15 is 0 Å². The van der Waals surface area contributed by atoms with Gasteiger partial charge in [-0.1, -0.05) is 18.2 Å². The first-order valence-electron chi connectivity index (χ1n) is 4.80. The van der Waals surface area contributed by atoms with Crippen LogP contribution in [0.25, 0.3) is 0 Å². The summed E-state index contributed by atoms with van der Waals surface area (Å²) in [5.41, 5.74) is 0.463. The van der Waals surface area contributed by atoms with E-state index in [2.05, 4.69) is 0 Å². The van der Waals surface area contributed by atoms with Gasteiger partial charge < -0.3 is 10.0 Å². The fourth-order valence-corrected chi connectivity index (χ4v) is 1.94. The summed E-state index contributed by atoms with van der Waals surface area (Å²) in [6.07, 6.45) is -0.740. The van der Waals surface area contributed by atoms with Gasteiger partial charge in [0.05, 0.1) is 6.04 Å². The maximum absolute atomic E-state index is 13.4. The second-order valence-corrected chi connectivity index (χ2v) is 3.74. The summed E-state index contributed by atoms with van der Waals surface area (Å²) in [4.78, 5) is 12.7. The molecular weight excluding hydrogens is 197 g/mol. The summed E-state index contributed by atoms with van der Waals surface area (Å²) in [5.74, 6) is -0.681. The van der Waals surface area contributed by atoms with E-state index in [0.717, 1.165) is 0 Å². The van der Waals surface area contributed by atoms with Crippen LogP contribution in [-0.4, -0.2) is 29.1 Å². The van der Waals surface area contributed by atoms with Crippen molar-refractivity contribution in [3.8, 4) is 0 Å². The van der Waals surface area contributed by atoms with Crippen LogP contribution in [-0.2, 0) is 4.79 Å². The quantitative estimate of drug-likeness (QED) is 0.752. The van der Waals surface area contributed by atoms with Crippen LogP contribution in [0.4, 0.5) is 4.39 Å². The third kappa shape index (κ3) is 1.61. The van der Waals surface area contributed by atoms with Gasteiger partial charge in [0.15, 0.2) is 0 Å². The van der Waals surface area contributed by atoms with Crippen LogP contribution in [0.5, 0.6) is 0 Å². The molecule has 0 aliphatic carbocycles. The molecule has 0 bridgehead atoms. The highest BCUT2D eigenvalue weighted by Gasteiger charge is 2.37. The minimum atomic E-state index is -1.00. The van der Waals surface area contributed by atoms with E-state index in [-0.39, 0.29) is 24.2 Å². The Balaban J connectivity index is 2.34. The molecule has 2 atom stereocenters. The Hall–Kier alpha value is -1.42. The van der Waals surface area contributed by atoms with Crippen molar-refractivity contribution in [2.45, 2.75) is 18.6 Å². The first-order chi connectivity index (χ1) is 7.11. The molecule has 1 fully saturated rings. The molecule has 1 aromatic carbocycles. The predicted molar refractivity (Wildman–Crippen MR) is 52.5 cm³/mol. The van der Waals surface area contributed by atoms with E-state index < -0.39 is 6.10 Å². The number of carbonyl (C=O) groups excluding carboxylic acids is 1. The number of nitrogens with zero attached hydrogens (tertiary/aromatic N) is 1. The van der Waals surface area contributed by atoms with E-state index in [1.807, 2.05) is 0 Å². The van der Waals surface area contributed by atoms with Gasteiger partial charge in [-0.05, 0) is 6.07 Å². The maximum atomic E-state index is 13.4. The van der Waals surface area contributed by atoms with Crippen molar-refractivity contribution >= 4 is 5.91 Å². The molecule has 2 rings (SSSR count). The molecule has 1 aromatic rings. The molecule has 3 nitrogen and oxygen atoms in total. The van der Waals surface area contributed by atoms with Crippen LogP contribution >= 0.6 is 0 Å². The van der Waals surface area contributed by atoms with Gasteiger partial charge in [0.1, 0.15) is 11.9 Å². The molecule has 1 aliphatic rings. The Bertz CT molecular complexity index is 394. The number of amides is 1. The van der Waals surface area contributed by atoms with Crippen LogP contribution in [0.3, 0.4) is 0 Å². The molecule has 0 saturated carbocycles. The molecule has 1 saturated heterocycles. The lowest BCUT2D eigenvalue weighted by Crippen LogP contribution is -2.27. The fraction of sp³-hybridized carbons (Fsp3) is 0.364. The zero-order chi connectivity index (χ0) is 11.0. The third-order valence-electron chi connectivity index (χ3n) is 2.81. The third-order valence-corrected chi connectivity index (χ3v) is 2.81. The van der Waals surface area contributed by atoms with Crippen molar-refractivity contribution in [3.63, 3.8) is 0 Å². The van der Waals surface area contributed by atoms with Gasteiger partial charge in [0.25, 0.3) is 5.91 Å². The van der Waals surface area contributed by atoms with Crippen LogP contribution in [0.1, 0.15) is 18.0 Å². The van der Waals surface area contributed by atoms with Crippen molar-refractivity contribution in [2.75, 3.05) is 7.05 Å². The number of halogens is 1. The lowest BCUT2D eigenvalue weighted by atomic mass is 10.0. The number of likely N-dealkylation sites (tertiary alicyclic amines) is 1. The fourth-order valence-electron chi connectivity index (χ4n) is 1.94. The Kier molecular flexibility index (Phi) is 2.44. The molecule has 0 aromatic heterocycles. The molecule has 1 heterocycles. The van der Waals surface area contributed by atoms with Crippen molar-refractivity contribution in [1.29, 1.82) is 0 Å². The Labute approximate surface area is 87.1 Å². The second kappa shape index (κ2) is 3.62. The minimum absolute atomic E-state index is 0.260. The molecular formula is C11H12FNO2. The van der Waals surface area contributed by atoms with Gasteiger partial charge in [-0.2, -0.15) is 0 Å². The van der Waals surface area contributed by atoms with E-state index in [4.69, 9.17) is 0 Å². The summed E-state index contributed by atoms with van der Waals surface area (Å²) in [5, 5.41) is 9.38. The molecule has 1 aliphatic heterocycles. The van der Waals surface area contributed by atoms with Crippen molar-refractivity contribution in [2.24, 2.45) is 0 Å². The van der Waals surface area contributed by atoms with Gasteiger partial charge in [-0.15, -0.1) is 0 Å². The zero-order valence-corrected chi connectivity index (χ0v) is 8.35. The number of likely N-dealkylation sites (N-methyl/N-ethyl adjacent to an activating group) is 1. The Morgan fingerprint density at radius 2 is 2.13 bits per heavy atom. The number of rotatable bonds is 1. The average Bonchev–Trinajstić information content (AvgIpc) is 2.47. The number of hydrogen-bond acceptors (Lipinski definition) is 2. The predicted octanol–water partition coefficient (Wildman–Crippen LogP) is 1.09. The van der Waals surface area contributed by atoms with Crippen LogP contribution in [0.2, 0.25) is 0 Å². The smallest absolute Gasteiger partial charge is 0.251 e. The number of benzene rings is 1. The van der Waals surface area contributed by atoms with Crippen molar-refractivity contribution in [3.05, 3.63) is 35.6 Å². The van der Waals surface area contributed by atoms with Gasteiger partial charge in [0.2, 0.25) is 0 Å². The topological polar surface area (TPSA) is 40.5 Å². The zero-order valence-electron chi connectivity index (χ0n) is 8.35. The highest BCUT2D eigenvalue weighted by Crippen LogP contribution is 2.32. The van der Waals surface area contributed by atoms with E-state index in [1.165, 1.54) is 11.0 Å². The van der Waals surface area contributed by atoms with E-state index in [0.29, 0.717) is 5.56 Å². The summed E-state index contributed by atoms with van der Waals surface area (Å²) in [6.45, 7) is 0. The van der Waals surface area contributed by atoms with Crippen molar-refractivity contribution < 1.29 is 14.3 Å². The molecule has 15 heavy (non-hydrogen) atoms. The summed E-state index contributed by atoms with van der Waals surface area (Å²) < 4.78 is 13.4. The molecule has 1 N–H and O–H groups in total.